The number of amides is 1. The number of ether oxygens (including phenoxy) is 2. The van der Waals surface area contributed by atoms with Crippen molar-refractivity contribution in [1.82, 2.24) is 14.6 Å². The van der Waals surface area contributed by atoms with E-state index in [0.717, 1.165) is 0 Å². The molecule has 8 heteroatoms. The highest BCUT2D eigenvalue weighted by Gasteiger charge is 2.14. The zero-order chi connectivity index (χ0) is 17.9. The number of para-hydroxylation sites is 2. The van der Waals surface area contributed by atoms with Crippen molar-refractivity contribution in [2.45, 2.75) is 0 Å². The minimum Gasteiger partial charge on any atom is -0.493 e. The number of hydrogen-bond acceptors (Lipinski definition) is 6. The number of anilines is 1. The molecule has 4 rings (SSSR count). The number of nitrogens with one attached hydrogen (secondary N) is 1. The Kier molecular flexibility index (Phi) is 3.98. The maximum Gasteiger partial charge on any atom is 0.293 e. The molecule has 1 N–H and O–H groups in total. The summed E-state index contributed by atoms with van der Waals surface area (Å²) in [6.45, 7) is 0. The third-order valence-electron chi connectivity index (χ3n) is 3.58. The Labute approximate surface area is 148 Å². The highest BCUT2D eigenvalue weighted by atomic mass is 16.5. The van der Waals surface area contributed by atoms with Crippen LogP contribution >= 0.6 is 0 Å². The fraction of sp³-hybridized carbons (Fsp3) is 0.0556. The molecule has 1 amide bonds. The van der Waals surface area contributed by atoms with Gasteiger partial charge < -0.3 is 13.9 Å². The van der Waals surface area contributed by atoms with Crippen LogP contribution in [-0.4, -0.2) is 27.6 Å². The molecule has 0 atom stereocenters. The summed E-state index contributed by atoms with van der Waals surface area (Å²) in [6.07, 6.45) is 1.42. The van der Waals surface area contributed by atoms with Crippen molar-refractivity contribution in [3.05, 3.63) is 66.6 Å². The van der Waals surface area contributed by atoms with Crippen molar-refractivity contribution in [2.24, 2.45) is 0 Å². The first-order chi connectivity index (χ1) is 12.7. The number of methoxy groups -OCH3 is 1. The minimum atomic E-state index is -0.432. The molecule has 4 aromatic rings. The zero-order valence-corrected chi connectivity index (χ0v) is 13.7. The van der Waals surface area contributed by atoms with Crippen LogP contribution in [0.25, 0.3) is 5.65 Å². The molecule has 0 aliphatic carbocycles. The van der Waals surface area contributed by atoms with Crippen LogP contribution < -0.4 is 14.8 Å². The predicted molar refractivity (Wildman–Crippen MR) is 92.7 cm³/mol. The monoisotopic (exact) mass is 350 g/mol. The molecule has 3 aromatic heterocycles. The summed E-state index contributed by atoms with van der Waals surface area (Å²) >= 11 is 0. The first kappa shape index (κ1) is 15.7. The van der Waals surface area contributed by atoms with Gasteiger partial charge in [-0.05, 0) is 30.3 Å². The van der Waals surface area contributed by atoms with Crippen LogP contribution in [0.15, 0.2) is 65.3 Å². The summed E-state index contributed by atoms with van der Waals surface area (Å²) < 4.78 is 17.7. The maximum atomic E-state index is 12.1. The summed E-state index contributed by atoms with van der Waals surface area (Å²) in [4.78, 5) is 16.3. The van der Waals surface area contributed by atoms with E-state index in [-0.39, 0.29) is 11.7 Å². The quantitative estimate of drug-likeness (QED) is 0.593. The van der Waals surface area contributed by atoms with Crippen LogP contribution in [0.4, 0.5) is 5.95 Å². The fourth-order valence-electron chi connectivity index (χ4n) is 2.40. The normalized spacial score (nSPS) is 10.7. The van der Waals surface area contributed by atoms with Gasteiger partial charge in [-0.2, -0.15) is 9.50 Å². The van der Waals surface area contributed by atoms with Gasteiger partial charge in [0.1, 0.15) is 0 Å². The molecule has 0 saturated carbocycles. The number of aromatic nitrogens is 3. The Bertz CT molecular complexity index is 1060. The van der Waals surface area contributed by atoms with E-state index in [1.165, 1.54) is 10.8 Å². The van der Waals surface area contributed by atoms with Gasteiger partial charge in [-0.25, -0.2) is 0 Å². The van der Waals surface area contributed by atoms with Crippen LogP contribution in [0.2, 0.25) is 0 Å². The van der Waals surface area contributed by atoms with Gasteiger partial charge in [0.2, 0.25) is 11.8 Å². The molecule has 1 aromatic carbocycles. The van der Waals surface area contributed by atoms with Gasteiger partial charge in [-0.15, -0.1) is 5.10 Å². The molecule has 0 spiro atoms. The number of pyridine rings is 1. The van der Waals surface area contributed by atoms with E-state index in [1.807, 2.05) is 12.1 Å². The highest BCUT2D eigenvalue weighted by molar-refractivity contribution is 6.01. The number of hydrogen-bond donors (Lipinski definition) is 1. The average molecular weight is 350 g/mol. The lowest BCUT2D eigenvalue weighted by atomic mass is 10.3. The first-order valence-corrected chi connectivity index (χ1v) is 7.76. The molecule has 0 aliphatic rings. The van der Waals surface area contributed by atoms with Crippen LogP contribution in [-0.2, 0) is 0 Å². The summed E-state index contributed by atoms with van der Waals surface area (Å²) in [6, 6.07) is 15.7. The van der Waals surface area contributed by atoms with E-state index >= 15 is 0 Å². The fourth-order valence-corrected chi connectivity index (χ4v) is 2.40. The molecule has 0 radical (unpaired) electrons. The first-order valence-electron chi connectivity index (χ1n) is 7.76. The highest BCUT2D eigenvalue weighted by Crippen LogP contribution is 2.31. The standard InChI is InChI=1S/C18H14N4O4/c1-24-12-6-2-3-7-13(12)26-16-10-4-9-15-19-18(21-22(15)16)20-17(23)14-8-5-11-25-14/h2-11H,1H3,(H,20,21,23). The molecular weight excluding hydrogens is 336 g/mol. The van der Waals surface area contributed by atoms with Crippen molar-refractivity contribution in [1.29, 1.82) is 0 Å². The third kappa shape index (κ3) is 2.95. The molecule has 26 heavy (non-hydrogen) atoms. The van der Waals surface area contributed by atoms with E-state index in [4.69, 9.17) is 13.9 Å². The average Bonchev–Trinajstić information content (AvgIpc) is 3.32. The lowest BCUT2D eigenvalue weighted by Gasteiger charge is -2.10. The second-order valence-corrected chi connectivity index (χ2v) is 5.25. The van der Waals surface area contributed by atoms with Gasteiger partial charge in [-0.1, -0.05) is 18.2 Å². The number of carbonyl (C=O) groups is 1. The van der Waals surface area contributed by atoms with Crippen molar-refractivity contribution >= 4 is 17.5 Å². The number of benzene rings is 1. The summed E-state index contributed by atoms with van der Waals surface area (Å²) in [5, 5.41) is 6.87. The van der Waals surface area contributed by atoms with E-state index < -0.39 is 5.91 Å². The van der Waals surface area contributed by atoms with Gasteiger partial charge >= 0.3 is 0 Å². The number of nitrogens with zero attached hydrogens (tertiary/aromatic N) is 3. The largest absolute Gasteiger partial charge is 0.493 e. The molecular formula is C18H14N4O4. The van der Waals surface area contributed by atoms with E-state index in [9.17, 15) is 4.79 Å². The Morgan fingerprint density at radius 3 is 2.69 bits per heavy atom. The third-order valence-corrected chi connectivity index (χ3v) is 3.58. The summed E-state index contributed by atoms with van der Waals surface area (Å²) in [7, 11) is 1.57. The van der Waals surface area contributed by atoms with Crippen molar-refractivity contribution < 1.29 is 18.7 Å². The number of furan rings is 1. The second kappa shape index (κ2) is 6.60. The van der Waals surface area contributed by atoms with Crippen molar-refractivity contribution in [3.63, 3.8) is 0 Å². The van der Waals surface area contributed by atoms with E-state index in [2.05, 4.69) is 15.4 Å². The second-order valence-electron chi connectivity index (χ2n) is 5.25. The minimum absolute atomic E-state index is 0.141. The summed E-state index contributed by atoms with van der Waals surface area (Å²) in [5.41, 5.74) is 0.521. The van der Waals surface area contributed by atoms with Gasteiger partial charge in [0.15, 0.2) is 22.9 Å². The smallest absolute Gasteiger partial charge is 0.293 e. The molecule has 0 unspecified atom stereocenters. The number of rotatable bonds is 5. The lowest BCUT2D eigenvalue weighted by molar-refractivity contribution is 0.0996. The molecule has 0 fully saturated rings. The summed E-state index contributed by atoms with van der Waals surface area (Å²) in [5.74, 6) is 1.45. The predicted octanol–water partition coefficient (Wildman–Crippen LogP) is 3.38. The lowest BCUT2D eigenvalue weighted by Crippen LogP contribution is -2.12. The van der Waals surface area contributed by atoms with Crippen molar-refractivity contribution in [3.8, 4) is 17.4 Å². The Morgan fingerprint density at radius 2 is 1.92 bits per heavy atom. The molecule has 130 valence electrons. The number of carbonyl (C=O) groups excluding carboxylic acids is 1. The SMILES string of the molecule is COc1ccccc1Oc1cccc2nc(NC(=O)c3ccco3)nn12. The van der Waals surface area contributed by atoms with Crippen LogP contribution in [0.1, 0.15) is 10.6 Å². The van der Waals surface area contributed by atoms with Crippen LogP contribution in [0, 0.1) is 0 Å². The van der Waals surface area contributed by atoms with Gasteiger partial charge in [0.05, 0.1) is 13.4 Å². The van der Waals surface area contributed by atoms with E-state index in [1.54, 1.807) is 49.6 Å². The molecule has 0 aliphatic heterocycles. The van der Waals surface area contributed by atoms with Crippen molar-refractivity contribution in [2.75, 3.05) is 12.4 Å². The topological polar surface area (TPSA) is 90.9 Å². The van der Waals surface area contributed by atoms with Gasteiger partial charge in [0.25, 0.3) is 5.91 Å². The van der Waals surface area contributed by atoms with Gasteiger partial charge in [-0.3, -0.25) is 10.1 Å². The Morgan fingerprint density at radius 1 is 1.08 bits per heavy atom. The molecule has 8 nitrogen and oxygen atoms in total. The Balaban J connectivity index is 1.64. The Hall–Kier alpha value is -3.81. The maximum absolute atomic E-state index is 12.1. The molecule has 3 heterocycles. The van der Waals surface area contributed by atoms with Crippen LogP contribution in [0.5, 0.6) is 17.4 Å². The van der Waals surface area contributed by atoms with Gasteiger partial charge in [0, 0.05) is 6.07 Å². The van der Waals surface area contributed by atoms with E-state index in [0.29, 0.717) is 23.0 Å². The molecule has 0 bridgehead atoms. The molecule has 0 saturated heterocycles. The van der Waals surface area contributed by atoms with Crippen LogP contribution in [0.3, 0.4) is 0 Å². The zero-order valence-electron chi connectivity index (χ0n) is 13.7. The number of fused-ring (bicyclic) bond motifs is 1.